The second-order valence-corrected chi connectivity index (χ2v) is 7.74. The van der Waals surface area contributed by atoms with Crippen LogP contribution in [0.15, 0.2) is 89.9 Å². The van der Waals surface area contributed by atoms with Gasteiger partial charge in [-0.3, -0.25) is 4.99 Å². The van der Waals surface area contributed by atoms with Crippen LogP contribution in [0.4, 0.5) is 0 Å². The normalized spacial score (nSPS) is 12.2. The number of rotatable bonds is 3. The van der Waals surface area contributed by atoms with Crippen molar-refractivity contribution >= 4 is 48.1 Å². The number of benzene rings is 4. The van der Waals surface area contributed by atoms with Crippen LogP contribution in [0, 0.1) is 0 Å². The highest BCUT2D eigenvalue weighted by Gasteiger charge is 2.08. The molecule has 5 aromatic rings. The lowest BCUT2D eigenvalue weighted by Crippen LogP contribution is -2.13. The monoisotopic (exact) mass is 366 g/mol. The van der Waals surface area contributed by atoms with Crippen molar-refractivity contribution in [3.8, 4) is 0 Å². The third-order valence-electron chi connectivity index (χ3n) is 4.92. The van der Waals surface area contributed by atoms with Gasteiger partial charge in [-0.05, 0) is 34.5 Å². The highest BCUT2D eigenvalue weighted by molar-refractivity contribution is 7.26. The van der Waals surface area contributed by atoms with Gasteiger partial charge in [0.15, 0.2) is 0 Å². The summed E-state index contributed by atoms with van der Waals surface area (Å²) in [5, 5.41) is 5.24. The fraction of sp³-hybridized carbons (Fsp3) is 0.0417. The summed E-state index contributed by atoms with van der Waals surface area (Å²) in [4.78, 5) is 4.57. The van der Waals surface area contributed by atoms with Crippen molar-refractivity contribution in [3.63, 3.8) is 0 Å². The van der Waals surface area contributed by atoms with E-state index in [1.54, 1.807) is 0 Å². The number of fused-ring (bicyclic) bond motifs is 5. The zero-order valence-corrected chi connectivity index (χ0v) is 15.5. The van der Waals surface area contributed by atoms with Gasteiger partial charge >= 0.3 is 0 Å². The van der Waals surface area contributed by atoms with Gasteiger partial charge in [0.25, 0.3) is 0 Å². The lowest BCUT2D eigenvalue weighted by atomic mass is 10.0. The number of thiophene rings is 1. The second-order valence-electron chi connectivity index (χ2n) is 6.66. The smallest absolute Gasteiger partial charge is 0.125 e. The van der Waals surface area contributed by atoms with Gasteiger partial charge in [-0.1, -0.05) is 66.7 Å². The van der Waals surface area contributed by atoms with Crippen molar-refractivity contribution in [1.82, 2.24) is 0 Å². The molecule has 27 heavy (non-hydrogen) atoms. The van der Waals surface area contributed by atoms with Crippen LogP contribution in [-0.2, 0) is 6.54 Å². The summed E-state index contributed by atoms with van der Waals surface area (Å²) in [6, 6.07) is 29.6. The first kappa shape index (κ1) is 16.0. The minimum Gasteiger partial charge on any atom is -0.383 e. The van der Waals surface area contributed by atoms with Gasteiger partial charge < -0.3 is 5.73 Å². The first-order chi connectivity index (χ1) is 13.3. The van der Waals surface area contributed by atoms with Crippen LogP contribution >= 0.6 is 11.3 Å². The predicted octanol–water partition coefficient (Wildman–Crippen LogP) is 6.11. The van der Waals surface area contributed by atoms with E-state index in [9.17, 15) is 0 Å². The maximum Gasteiger partial charge on any atom is 0.125 e. The molecule has 0 fully saturated rings. The van der Waals surface area contributed by atoms with Gasteiger partial charge in [0.05, 0.1) is 6.54 Å². The van der Waals surface area contributed by atoms with Crippen LogP contribution in [0.2, 0.25) is 0 Å². The summed E-state index contributed by atoms with van der Waals surface area (Å²) in [5.41, 5.74) is 8.26. The molecule has 0 saturated heterocycles. The Labute approximate surface area is 161 Å². The molecule has 0 amide bonds. The molecule has 1 heterocycles. The molecule has 0 unspecified atom stereocenters. The average Bonchev–Trinajstić information content (AvgIpc) is 3.11. The molecule has 2 nitrogen and oxygen atoms in total. The van der Waals surface area contributed by atoms with Crippen molar-refractivity contribution in [2.75, 3.05) is 0 Å². The third kappa shape index (κ3) is 2.86. The molecule has 3 heteroatoms. The molecule has 0 atom stereocenters. The lowest BCUT2D eigenvalue weighted by Gasteiger charge is -2.05. The molecule has 0 saturated carbocycles. The SMILES string of the molecule is NC(=NCc1ccc2c(ccc3sc4ccccc4c32)c1)c1ccccc1. The maximum absolute atomic E-state index is 6.13. The largest absolute Gasteiger partial charge is 0.383 e. The molecule has 0 spiro atoms. The highest BCUT2D eigenvalue weighted by Crippen LogP contribution is 2.38. The Balaban J connectivity index is 1.56. The minimum atomic E-state index is 0.579. The zero-order chi connectivity index (χ0) is 18.2. The first-order valence-electron chi connectivity index (χ1n) is 8.98. The Morgan fingerprint density at radius 3 is 2.48 bits per heavy atom. The summed E-state index contributed by atoms with van der Waals surface area (Å²) >= 11 is 1.85. The van der Waals surface area contributed by atoms with Gasteiger partial charge in [0.1, 0.15) is 5.84 Å². The van der Waals surface area contributed by atoms with Crippen LogP contribution in [-0.4, -0.2) is 5.84 Å². The van der Waals surface area contributed by atoms with Gasteiger partial charge in [0.2, 0.25) is 0 Å². The van der Waals surface area contributed by atoms with Crippen LogP contribution in [0.25, 0.3) is 30.9 Å². The van der Waals surface area contributed by atoms with E-state index >= 15 is 0 Å². The van der Waals surface area contributed by atoms with E-state index in [0.29, 0.717) is 12.4 Å². The Morgan fingerprint density at radius 2 is 1.59 bits per heavy atom. The third-order valence-corrected chi connectivity index (χ3v) is 6.06. The summed E-state index contributed by atoms with van der Waals surface area (Å²) in [7, 11) is 0. The summed E-state index contributed by atoms with van der Waals surface area (Å²) in [6.45, 7) is 0.582. The Bertz CT molecular complexity index is 1300. The van der Waals surface area contributed by atoms with E-state index in [-0.39, 0.29) is 0 Å². The van der Waals surface area contributed by atoms with Crippen LogP contribution in [0.1, 0.15) is 11.1 Å². The zero-order valence-electron chi connectivity index (χ0n) is 14.7. The first-order valence-corrected chi connectivity index (χ1v) is 9.79. The summed E-state index contributed by atoms with van der Waals surface area (Å²) < 4.78 is 2.67. The Morgan fingerprint density at radius 1 is 0.778 bits per heavy atom. The topological polar surface area (TPSA) is 38.4 Å². The lowest BCUT2D eigenvalue weighted by molar-refractivity contribution is 1.07. The van der Waals surface area contributed by atoms with Crippen LogP contribution < -0.4 is 5.73 Å². The summed E-state index contributed by atoms with van der Waals surface area (Å²) in [5.74, 6) is 0.579. The van der Waals surface area contributed by atoms with E-state index in [0.717, 1.165) is 5.56 Å². The molecule has 1 aromatic heterocycles. The average molecular weight is 366 g/mol. The predicted molar refractivity (Wildman–Crippen MR) is 118 cm³/mol. The van der Waals surface area contributed by atoms with E-state index < -0.39 is 0 Å². The van der Waals surface area contributed by atoms with Gasteiger partial charge in [-0.15, -0.1) is 11.3 Å². The molecule has 0 bridgehead atoms. The molecule has 4 aromatic carbocycles. The van der Waals surface area contributed by atoms with Gasteiger partial charge in [-0.25, -0.2) is 0 Å². The quantitative estimate of drug-likeness (QED) is 0.303. The molecule has 0 radical (unpaired) electrons. The molecule has 2 N–H and O–H groups in total. The van der Waals surface area contributed by atoms with Crippen molar-refractivity contribution < 1.29 is 0 Å². The van der Waals surface area contributed by atoms with Gasteiger partial charge in [-0.2, -0.15) is 0 Å². The van der Waals surface area contributed by atoms with Crippen molar-refractivity contribution in [2.45, 2.75) is 6.54 Å². The van der Waals surface area contributed by atoms with Crippen molar-refractivity contribution in [3.05, 3.63) is 96.1 Å². The fourth-order valence-corrected chi connectivity index (χ4v) is 4.70. The molecule has 0 aliphatic carbocycles. The number of nitrogens with zero attached hydrogens (tertiary/aromatic N) is 1. The number of hydrogen-bond donors (Lipinski definition) is 1. The van der Waals surface area contributed by atoms with E-state index in [2.05, 4.69) is 59.6 Å². The molecule has 5 rings (SSSR count). The standard InChI is InChI=1S/C24H18N2S/c25-24(17-6-2-1-3-7-17)26-15-16-10-12-19-18(14-16)11-13-22-23(19)20-8-4-5-9-21(20)27-22/h1-14H,15H2,(H2,25,26). The Hall–Kier alpha value is -3.17. The van der Waals surface area contributed by atoms with E-state index in [1.165, 1.54) is 36.5 Å². The van der Waals surface area contributed by atoms with Crippen LogP contribution in [0.3, 0.4) is 0 Å². The number of amidine groups is 1. The highest BCUT2D eigenvalue weighted by atomic mass is 32.1. The second kappa shape index (κ2) is 6.53. The summed E-state index contributed by atoms with van der Waals surface area (Å²) in [6.07, 6.45) is 0. The van der Waals surface area contributed by atoms with Crippen molar-refractivity contribution in [1.29, 1.82) is 0 Å². The van der Waals surface area contributed by atoms with Gasteiger partial charge in [0, 0.05) is 25.7 Å². The molecule has 0 aliphatic heterocycles. The fourth-order valence-electron chi connectivity index (χ4n) is 3.58. The number of hydrogen-bond acceptors (Lipinski definition) is 2. The van der Waals surface area contributed by atoms with E-state index in [1.807, 2.05) is 41.7 Å². The maximum atomic E-state index is 6.13. The van der Waals surface area contributed by atoms with E-state index in [4.69, 9.17) is 5.73 Å². The minimum absolute atomic E-state index is 0.579. The number of aliphatic imine (C=N–C) groups is 1. The van der Waals surface area contributed by atoms with Crippen LogP contribution in [0.5, 0.6) is 0 Å². The molecule has 130 valence electrons. The van der Waals surface area contributed by atoms with Crippen molar-refractivity contribution in [2.24, 2.45) is 10.7 Å². The Kier molecular flexibility index (Phi) is 3.88. The molecular formula is C24H18N2S. The molecular weight excluding hydrogens is 348 g/mol. The molecule has 0 aliphatic rings. The number of nitrogens with two attached hydrogens (primary N) is 1.